The van der Waals surface area contributed by atoms with Gasteiger partial charge in [0.25, 0.3) is 0 Å². The van der Waals surface area contributed by atoms with Crippen LogP contribution in [0.1, 0.15) is 6.42 Å². The quantitative estimate of drug-likeness (QED) is 0.818. The van der Waals surface area contributed by atoms with Crippen LogP contribution in [0.4, 0.5) is 8.78 Å². The Labute approximate surface area is 110 Å². The summed E-state index contributed by atoms with van der Waals surface area (Å²) in [7, 11) is -4.04. The van der Waals surface area contributed by atoms with E-state index in [-0.39, 0.29) is 6.54 Å². The molecule has 0 amide bonds. The Balaban J connectivity index is 2.13. The molecule has 1 heterocycles. The maximum atomic E-state index is 13.4. The summed E-state index contributed by atoms with van der Waals surface area (Å²) < 4.78 is 52.5. The molecular formula is C12H14F2N2O2S. The minimum atomic E-state index is -4.04. The van der Waals surface area contributed by atoms with E-state index in [1.807, 2.05) is 6.08 Å². The highest BCUT2D eigenvalue weighted by Gasteiger charge is 2.20. The predicted molar refractivity (Wildman–Crippen MR) is 67.1 cm³/mol. The smallest absolute Gasteiger partial charge is 0.243 e. The van der Waals surface area contributed by atoms with Gasteiger partial charge in [0.15, 0.2) is 0 Å². The van der Waals surface area contributed by atoms with Gasteiger partial charge in [-0.15, -0.1) is 0 Å². The molecule has 0 bridgehead atoms. The third-order valence-electron chi connectivity index (χ3n) is 2.83. The van der Waals surface area contributed by atoms with E-state index in [1.165, 1.54) is 0 Å². The highest BCUT2D eigenvalue weighted by Crippen LogP contribution is 2.16. The van der Waals surface area contributed by atoms with Crippen LogP contribution in [0.25, 0.3) is 0 Å². The lowest BCUT2D eigenvalue weighted by Gasteiger charge is -2.15. The summed E-state index contributed by atoms with van der Waals surface area (Å²) in [4.78, 5) is -0.665. The molecule has 1 aromatic carbocycles. The Morgan fingerprint density at radius 3 is 2.79 bits per heavy atom. The highest BCUT2D eigenvalue weighted by atomic mass is 32.2. The van der Waals surface area contributed by atoms with E-state index in [4.69, 9.17) is 0 Å². The van der Waals surface area contributed by atoms with Crippen molar-refractivity contribution in [1.29, 1.82) is 0 Å². The van der Waals surface area contributed by atoms with Crippen molar-refractivity contribution >= 4 is 10.0 Å². The van der Waals surface area contributed by atoms with Crippen LogP contribution in [0.15, 0.2) is 34.7 Å². The predicted octanol–water partition coefficient (Wildman–Crippen LogP) is 1.16. The zero-order valence-corrected chi connectivity index (χ0v) is 10.9. The van der Waals surface area contributed by atoms with E-state index in [2.05, 4.69) is 10.0 Å². The molecule has 0 unspecified atom stereocenters. The van der Waals surface area contributed by atoms with Crippen LogP contribution in [-0.4, -0.2) is 28.1 Å². The third-order valence-corrected chi connectivity index (χ3v) is 4.25. The zero-order valence-electron chi connectivity index (χ0n) is 10.1. The fourth-order valence-electron chi connectivity index (χ4n) is 1.78. The summed E-state index contributed by atoms with van der Waals surface area (Å²) in [5.41, 5.74) is 0.930. The number of nitrogens with one attached hydrogen (secondary N) is 2. The molecule has 7 heteroatoms. The molecule has 0 saturated carbocycles. The average Bonchev–Trinajstić information content (AvgIpc) is 2.40. The van der Waals surface area contributed by atoms with Gasteiger partial charge < -0.3 is 5.32 Å². The number of rotatable bonds is 4. The van der Waals surface area contributed by atoms with Gasteiger partial charge in [-0.25, -0.2) is 21.9 Å². The molecule has 0 saturated heterocycles. The van der Waals surface area contributed by atoms with Gasteiger partial charge in [0.05, 0.1) is 0 Å². The average molecular weight is 288 g/mol. The molecule has 2 N–H and O–H groups in total. The first-order chi connectivity index (χ1) is 8.99. The second-order valence-corrected chi connectivity index (χ2v) is 5.95. The molecule has 1 aliphatic heterocycles. The maximum absolute atomic E-state index is 13.4. The van der Waals surface area contributed by atoms with E-state index < -0.39 is 26.6 Å². The third kappa shape index (κ3) is 3.59. The van der Waals surface area contributed by atoms with Gasteiger partial charge in [0, 0.05) is 13.1 Å². The monoisotopic (exact) mass is 288 g/mol. The van der Waals surface area contributed by atoms with E-state index in [0.717, 1.165) is 30.7 Å². The van der Waals surface area contributed by atoms with E-state index >= 15 is 0 Å². The number of halogens is 2. The zero-order chi connectivity index (χ0) is 13.9. The largest absolute Gasteiger partial charge is 0.313 e. The Bertz CT molecular complexity index is 600. The van der Waals surface area contributed by atoms with E-state index in [1.54, 1.807) is 0 Å². The standard InChI is InChI=1S/C12H14F2N2O2S/c13-10-1-2-11(14)12(7-10)19(17,18)16-8-9-3-5-15-6-4-9/h1-3,7,15-16H,4-6,8H2. The van der Waals surface area contributed by atoms with Crippen LogP contribution in [-0.2, 0) is 10.0 Å². The number of benzene rings is 1. The lowest BCUT2D eigenvalue weighted by Crippen LogP contribution is -2.30. The summed E-state index contributed by atoms with van der Waals surface area (Å²) in [5.74, 6) is -1.75. The van der Waals surface area contributed by atoms with Crippen LogP contribution in [0.5, 0.6) is 0 Å². The fraction of sp³-hybridized carbons (Fsp3) is 0.333. The summed E-state index contributed by atoms with van der Waals surface area (Å²) in [5, 5.41) is 3.10. The maximum Gasteiger partial charge on any atom is 0.243 e. The van der Waals surface area contributed by atoms with Crippen molar-refractivity contribution in [1.82, 2.24) is 10.0 Å². The molecule has 19 heavy (non-hydrogen) atoms. The minimum Gasteiger partial charge on any atom is -0.313 e. The van der Waals surface area contributed by atoms with Gasteiger partial charge in [0.1, 0.15) is 16.5 Å². The van der Waals surface area contributed by atoms with Crippen LogP contribution in [0.3, 0.4) is 0 Å². The summed E-state index contributed by atoms with van der Waals surface area (Å²) in [6.07, 6.45) is 2.61. The van der Waals surface area contributed by atoms with Crippen molar-refractivity contribution in [3.8, 4) is 0 Å². The second-order valence-electron chi connectivity index (χ2n) is 4.22. The Hall–Kier alpha value is -1.31. The molecule has 0 fully saturated rings. The molecule has 1 aromatic rings. The van der Waals surface area contributed by atoms with Gasteiger partial charge in [-0.1, -0.05) is 11.6 Å². The topological polar surface area (TPSA) is 58.2 Å². The molecule has 0 spiro atoms. The van der Waals surface area contributed by atoms with Crippen molar-refractivity contribution in [2.24, 2.45) is 0 Å². The first kappa shape index (κ1) is 14.1. The number of hydrogen-bond donors (Lipinski definition) is 2. The van der Waals surface area contributed by atoms with Gasteiger partial charge in [-0.3, -0.25) is 0 Å². The van der Waals surface area contributed by atoms with Crippen LogP contribution in [0, 0.1) is 11.6 Å². The molecule has 1 aliphatic rings. The minimum absolute atomic E-state index is 0.111. The SMILES string of the molecule is O=S(=O)(NCC1=CCNCC1)c1cc(F)ccc1F. The first-order valence-corrected chi connectivity index (χ1v) is 7.31. The van der Waals surface area contributed by atoms with Crippen molar-refractivity contribution < 1.29 is 17.2 Å². The summed E-state index contributed by atoms with van der Waals surface area (Å²) >= 11 is 0. The number of hydrogen-bond acceptors (Lipinski definition) is 3. The first-order valence-electron chi connectivity index (χ1n) is 5.82. The fourth-order valence-corrected chi connectivity index (χ4v) is 2.90. The van der Waals surface area contributed by atoms with Crippen LogP contribution >= 0.6 is 0 Å². The molecule has 0 aromatic heterocycles. The molecule has 2 rings (SSSR count). The Morgan fingerprint density at radius 2 is 2.11 bits per heavy atom. The second kappa shape index (κ2) is 5.77. The lowest BCUT2D eigenvalue weighted by molar-refractivity contribution is 0.546. The van der Waals surface area contributed by atoms with E-state index in [9.17, 15) is 17.2 Å². The summed E-state index contributed by atoms with van der Waals surface area (Å²) in [6.45, 7) is 1.58. The molecule has 0 radical (unpaired) electrons. The molecule has 104 valence electrons. The Kier molecular flexibility index (Phi) is 4.28. The highest BCUT2D eigenvalue weighted by molar-refractivity contribution is 7.89. The Morgan fingerprint density at radius 1 is 1.32 bits per heavy atom. The van der Waals surface area contributed by atoms with Crippen LogP contribution < -0.4 is 10.0 Å². The van der Waals surface area contributed by atoms with Crippen molar-refractivity contribution in [3.63, 3.8) is 0 Å². The number of sulfonamides is 1. The van der Waals surface area contributed by atoms with Crippen molar-refractivity contribution in [3.05, 3.63) is 41.5 Å². The molecule has 0 aliphatic carbocycles. The van der Waals surface area contributed by atoms with E-state index in [0.29, 0.717) is 12.6 Å². The summed E-state index contributed by atoms with van der Waals surface area (Å²) in [6, 6.07) is 2.35. The molecule has 4 nitrogen and oxygen atoms in total. The normalized spacial score (nSPS) is 16.2. The lowest BCUT2D eigenvalue weighted by atomic mass is 10.1. The van der Waals surface area contributed by atoms with Crippen molar-refractivity contribution in [2.45, 2.75) is 11.3 Å². The van der Waals surface area contributed by atoms with Gasteiger partial charge in [0.2, 0.25) is 10.0 Å². The van der Waals surface area contributed by atoms with Crippen LogP contribution in [0.2, 0.25) is 0 Å². The van der Waals surface area contributed by atoms with Gasteiger partial charge in [-0.05, 0) is 31.2 Å². The molecule has 0 atom stereocenters. The van der Waals surface area contributed by atoms with Gasteiger partial charge in [-0.2, -0.15) is 0 Å². The van der Waals surface area contributed by atoms with Gasteiger partial charge >= 0.3 is 0 Å². The molecular weight excluding hydrogens is 274 g/mol. The van der Waals surface area contributed by atoms with Crippen molar-refractivity contribution in [2.75, 3.05) is 19.6 Å².